The molecule has 1 rings (SSSR count). The standard InChI is InChI=1S/C11H19N3O/c1-2-3-10(13)11(15)14-9-6-4-8(12)5-7-9/h1,8-10H,3-7,12-13H2,(H,14,15). The van der Waals surface area contributed by atoms with Crippen molar-refractivity contribution in [3.05, 3.63) is 0 Å². The Hall–Kier alpha value is -1.05. The molecular weight excluding hydrogens is 190 g/mol. The fourth-order valence-electron chi connectivity index (χ4n) is 1.79. The molecule has 1 aliphatic carbocycles. The zero-order valence-electron chi connectivity index (χ0n) is 8.91. The van der Waals surface area contributed by atoms with Gasteiger partial charge in [-0.15, -0.1) is 12.3 Å². The van der Waals surface area contributed by atoms with Crippen LogP contribution >= 0.6 is 0 Å². The van der Waals surface area contributed by atoms with Crippen LogP contribution in [0.5, 0.6) is 0 Å². The quantitative estimate of drug-likeness (QED) is 0.559. The normalized spacial score (nSPS) is 27.8. The van der Waals surface area contributed by atoms with Crippen LogP contribution in [-0.2, 0) is 4.79 Å². The molecule has 0 aliphatic heterocycles. The van der Waals surface area contributed by atoms with Gasteiger partial charge in [-0.05, 0) is 25.7 Å². The topological polar surface area (TPSA) is 81.1 Å². The van der Waals surface area contributed by atoms with Gasteiger partial charge in [0.15, 0.2) is 0 Å². The number of hydrogen-bond donors (Lipinski definition) is 3. The van der Waals surface area contributed by atoms with Gasteiger partial charge in [-0.1, -0.05) is 0 Å². The third-order valence-corrected chi connectivity index (χ3v) is 2.79. The molecule has 0 spiro atoms. The molecule has 15 heavy (non-hydrogen) atoms. The van der Waals surface area contributed by atoms with Gasteiger partial charge >= 0.3 is 0 Å². The van der Waals surface area contributed by atoms with Crippen LogP contribution in [0.4, 0.5) is 0 Å². The summed E-state index contributed by atoms with van der Waals surface area (Å²) in [5.74, 6) is 2.24. The van der Waals surface area contributed by atoms with Crippen LogP contribution in [0.3, 0.4) is 0 Å². The van der Waals surface area contributed by atoms with Crippen molar-refractivity contribution in [2.75, 3.05) is 0 Å². The van der Waals surface area contributed by atoms with Crippen LogP contribution in [0.2, 0.25) is 0 Å². The minimum Gasteiger partial charge on any atom is -0.352 e. The van der Waals surface area contributed by atoms with E-state index in [0.717, 1.165) is 25.7 Å². The molecule has 0 heterocycles. The summed E-state index contributed by atoms with van der Waals surface area (Å²) in [7, 11) is 0. The highest BCUT2D eigenvalue weighted by molar-refractivity contribution is 5.82. The van der Waals surface area contributed by atoms with E-state index >= 15 is 0 Å². The average Bonchev–Trinajstić information content (AvgIpc) is 2.22. The van der Waals surface area contributed by atoms with Crippen molar-refractivity contribution in [1.82, 2.24) is 5.32 Å². The van der Waals surface area contributed by atoms with E-state index in [-0.39, 0.29) is 24.4 Å². The molecule has 4 nitrogen and oxygen atoms in total. The van der Waals surface area contributed by atoms with Crippen molar-refractivity contribution in [3.8, 4) is 12.3 Å². The van der Waals surface area contributed by atoms with Crippen molar-refractivity contribution >= 4 is 5.91 Å². The molecule has 84 valence electrons. The van der Waals surface area contributed by atoms with Gasteiger partial charge in [0.05, 0.1) is 6.04 Å². The molecule has 0 saturated heterocycles. The molecule has 1 atom stereocenters. The van der Waals surface area contributed by atoms with Crippen molar-refractivity contribution in [3.63, 3.8) is 0 Å². The fraction of sp³-hybridized carbons (Fsp3) is 0.727. The first-order valence-electron chi connectivity index (χ1n) is 5.38. The lowest BCUT2D eigenvalue weighted by Crippen LogP contribution is -2.47. The van der Waals surface area contributed by atoms with Gasteiger partial charge in [0, 0.05) is 18.5 Å². The number of carbonyl (C=O) groups is 1. The lowest BCUT2D eigenvalue weighted by molar-refractivity contribution is -0.123. The average molecular weight is 209 g/mol. The Labute approximate surface area is 90.8 Å². The lowest BCUT2D eigenvalue weighted by atomic mass is 9.91. The molecule has 1 unspecified atom stereocenters. The summed E-state index contributed by atoms with van der Waals surface area (Å²) >= 11 is 0. The van der Waals surface area contributed by atoms with Crippen molar-refractivity contribution < 1.29 is 4.79 Å². The SMILES string of the molecule is C#CCC(N)C(=O)NC1CCC(N)CC1. The second kappa shape index (κ2) is 5.74. The maximum atomic E-state index is 11.5. The van der Waals surface area contributed by atoms with Gasteiger partial charge in [-0.25, -0.2) is 0 Å². The highest BCUT2D eigenvalue weighted by Gasteiger charge is 2.21. The highest BCUT2D eigenvalue weighted by Crippen LogP contribution is 2.16. The third kappa shape index (κ3) is 3.90. The number of terminal acetylenes is 1. The van der Waals surface area contributed by atoms with E-state index in [9.17, 15) is 4.79 Å². The Kier molecular flexibility index (Phi) is 4.60. The first-order chi connectivity index (χ1) is 7.13. The molecule has 4 heteroatoms. The molecule has 0 aromatic heterocycles. The van der Waals surface area contributed by atoms with Crippen molar-refractivity contribution in [2.45, 2.75) is 50.2 Å². The first-order valence-corrected chi connectivity index (χ1v) is 5.38. The van der Waals surface area contributed by atoms with Gasteiger partial charge in [0.25, 0.3) is 0 Å². The summed E-state index contributed by atoms with van der Waals surface area (Å²) in [6.45, 7) is 0. The summed E-state index contributed by atoms with van der Waals surface area (Å²) in [6, 6.07) is -0.0655. The molecule has 1 saturated carbocycles. The summed E-state index contributed by atoms with van der Waals surface area (Å²) in [6.07, 6.45) is 9.20. The Morgan fingerprint density at radius 2 is 2.07 bits per heavy atom. The summed E-state index contributed by atoms with van der Waals surface area (Å²) in [4.78, 5) is 11.5. The minimum atomic E-state index is -0.578. The van der Waals surface area contributed by atoms with E-state index in [1.54, 1.807) is 0 Å². The molecule has 1 aliphatic rings. The largest absolute Gasteiger partial charge is 0.352 e. The van der Waals surface area contributed by atoms with Crippen molar-refractivity contribution in [1.29, 1.82) is 0 Å². The molecule has 0 radical (unpaired) electrons. The second-order valence-electron chi connectivity index (χ2n) is 4.14. The van der Waals surface area contributed by atoms with Crippen LogP contribution in [-0.4, -0.2) is 24.0 Å². The van der Waals surface area contributed by atoms with E-state index in [1.807, 2.05) is 0 Å². The number of nitrogens with two attached hydrogens (primary N) is 2. The number of hydrogen-bond acceptors (Lipinski definition) is 3. The Balaban J connectivity index is 2.29. The molecule has 0 aromatic rings. The van der Waals surface area contributed by atoms with Crippen LogP contribution in [0.15, 0.2) is 0 Å². The van der Waals surface area contributed by atoms with Gasteiger partial charge in [0.2, 0.25) is 5.91 Å². The Morgan fingerprint density at radius 3 is 2.60 bits per heavy atom. The van der Waals surface area contributed by atoms with Crippen LogP contribution in [0.25, 0.3) is 0 Å². The van der Waals surface area contributed by atoms with Crippen LogP contribution < -0.4 is 16.8 Å². The maximum absolute atomic E-state index is 11.5. The Bertz CT molecular complexity index is 251. The summed E-state index contributed by atoms with van der Waals surface area (Å²) in [5, 5.41) is 2.91. The van der Waals surface area contributed by atoms with E-state index in [4.69, 9.17) is 17.9 Å². The van der Waals surface area contributed by atoms with Crippen molar-refractivity contribution in [2.24, 2.45) is 11.5 Å². The molecule has 1 fully saturated rings. The third-order valence-electron chi connectivity index (χ3n) is 2.79. The maximum Gasteiger partial charge on any atom is 0.238 e. The lowest BCUT2D eigenvalue weighted by Gasteiger charge is -2.27. The van der Waals surface area contributed by atoms with Crippen LogP contribution in [0, 0.1) is 12.3 Å². The van der Waals surface area contributed by atoms with Gasteiger partial charge in [-0.2, -0.15) is 0 Å². The molecule has 5 N–H and O–H groups in total. The number of nitrogens with one attached hydrogen (secondary N) is 1. The molecular formula is C11H19N3O. The van der Waals surface area contributed by atoms with E-state index in [0.29, 0.717) is 0 Å². The zero-order chi connectivity index (χ0) is 11.3. The Morgan fingerprint density at radius 1 is 1.47 bits per heavy atom. The number of carbonyl (C=O) groups excluding carboxylic acids is 1. The van der Waals surface area contributed by atoms with Gasteiger partial charge < -0.3 is 16.8 Å². The number of amides is 1. The molecule has 0 bridgehead atoms. The van der Waals surface area contributed by atoms with E-state index in [1.165, 1.54) is 0 Å². The molecule has 1 amide bonds. The predicted octanol–water partition coefficient (Wildman–Crippen LogP) is -0.277. The molecule has 0 aromatic carbocycles. The van der Waals surface area contributed by atoms with E-state index in [2.05, 4.69) is 11.2 Å². The first kappa shape index (κ1) is 12.0. The smallest absolute Gasteiger partial charge is 0.238 e. The highest BCUT2D eigenvalue weighted by atomic mass is 16.2. The summed E-state index contributed by atoms with van der Waals surface area (Å²) < 4.78 is 0. The zero-order valence-corrected chi connectivity index (χ0v) is 8.91. The van der Waals surface area contributed by atoms with Gasteiger partial charge in [0.1, 0.15) is 0 Å². The fourth-order valence-corrected chi connectivity index (χ4v) is 1.79. The summed E-state index contributed by atoms with van der Waals surface area (Å²) in [5.41, 5.74) is 11.4. The number of rotatable bonds is 3. The van der Waals surface area contributed by atoms with Gasteiger partial charge in [-0.3, -0.25) is 4.79 Å². The van der Waals surface area contributed by atoms with E-state index < -0.39 is 6.04 Å². The minimum absolute atomic E-state index is 0.145. The second-order valence-corrected chi connectivity index (χ2v) is 4.14. The van der Waals surface area contributed by atoms with Crippen LogP contribution in [0.1, 0.15) is 32.1 Å². The predicted molar refractivity (Wildman–Crippen MR) is 59.8 cm³/mol. The monoisotopic (exact) mass is 209 g/mol.